The first kappa shape index (κ1) is 14.2. The van der Waals surface area contributed by atoms with Crippen molar-refractivity contribution in [1.82, 2.24) is 10.3 Å². The summed E-state index contributed by atoms with van der Waals surface area (Å²) in [5.74, 6) is -0.112. The van der Waals surface area contributed by atoms with E-state index in [1.165, 1.54) is 0 Å². The van der Waals surface area contributed by atoms with Crippen LogP contribution in [0, 0.1) is 6.92 Å². The second-order valence-electron chi connectivity index (χ2n) is 4.88. The van der Waals surface area contributed by atoms with Gasteiger partial charge in [0, 0.05) is 29.7 Å². The summed E-state index contributed by atoms with van der Waals surface area (Å²) in [7, 11) is 0. The molecule has 5 nitrogen and oxygen atoms in total. The molecule has 110 valence electrons. The van der Waals surface area contributed by atoms with E-state index in [1.54, 1.807) is 11.3 Å². The third-order valence-electron chi connectivity index (χ3n) is 3.29. The fourth-order valence-corrected chi connectivity index (χ4v) is 2.80. The van der Waals surface area contributed by atoms with Crippen molar-refractivity contribution in [1.29, 1.82) is 0 Å². The molecule has 1 aliphatic heterocycles. The minimum atomic E-state index is -0.417. The molecule has 0 spiro atoms. The molecule has 1 saturated heterocycles. The highest BCUT2D eigenvalue weighted by atomic mass is 32.1. The van der Waals surface area contributed by atoms with E-state index in [9.17, 15) is 4.79 Å². The molecular weight excluding hydrogens is 286 g/mol. The Morgan fingerprint density at radius 2 is 2.24 bits per heavy atom. The van der Waals surface area contributed by atoms with Crippen LogP contribution in [0.25, 0.3) is 11.3 Å². The number of anilines is 1. The number of ether oxygens (including phenoxy) is 1. The molecule has 6 heteroatoms. The lowest BCUT2D eigenvalue weighted by Gasteiger charge is -2.22. The van der Waals surface area contributed by atoms with Gasteiger partial charge in [-0.05, 0) is 19.1 Å². The maximum atomic E-state index is 12.0. The topological polar surface area (TPSA) is 63.2 Å². The number of amides is 1. The highest BCUT2D eigenvalue weighted by molar-refractivity contribution is 7.09. The average Bonchev–Trinajstić information content (AvgIpc) is 2.95. The highest BCUT2D eigenvalue weighted by Crippen LogP contribution is 2.23. The van der Waals surface area contributed by atoms with E-state index in [-0.39, 0.29) is 5.91 Å². The number of benzene rings is 1. The van der Waals surface area contributed by atoms with Crippen molar-refractivity contribution < 1.29 is 9.53 Å². The zero-order valence-electron chi connectivity index (χ0n) is 11.8. The molecule has 1 fully saturated rings. The van der Waals surface area contributed by atoms with Crippen molar-refractivity contribution in [3.8, 4) is 11.3 Å². The van der Waals surface area contributed by atoms with Gasteiger partial charge in [0.2, 0.25) is 0 Å². The van der Waals surface area contributed by atoms with Crippen LogP contribution in [0.2, 0.25) is 0 Å². The summed E-state index contributed by atoms with van der Waals surface area (Å²) in [6.45, 7) is 3.91. The predicted molar refractivity (Wildman–Crippen MR) is 83.5 cm³/mol. The molecule has 3 rings (SSSR count). The number of nitrogens with one attached hydrogen (secondary N) is 2. The summed E-state index contributed by atoms with van der Waals surface area (Å²) in [6.07, 6.45) is -0.417. The molecule has 0 unspecified atom stereocenters. The van der Waals surface area contributed by atoms with Crippen molar-refractivity contribution in [2.75, 3.05) is 25.0 Å². The van der Waals surface area contributed by atoms with Gasteiger partial charge in [0.15, 0.2) is 0 Å². The lowest BCUT2D eigenvalue weighted by atomic mass is 10.1. The molecule has 2 aromatic rings. The fraction of sp³-hybridized carbons (Fsp3) is 0.333. The van der Waals surface area contributed by atoms with E-state index < -0.39 is 6.10 Å². The Kier molecular flexibility index (Phi) is 4.28. The van der Waals surface area contributed by atoms with E-state index in [0.717, 1.165) is 28.5 Å². The van der Waals surface area contributed by atoms with Gasteiger partial charge in [-0.3, -0.25) is 4.79 Å². The molecular formula is C15H17N3O2S. The van der Waals surface area contributed by atoms with Gasteiger partial charge in [-0.2, -0.15) is 0 Å². The van der Waals surface area contributed by atoms with Crippen LogP contribution in [-0.4, -0.2) is 36.7 Å². The standard InChI is InChI=1S/C15H17N3O2S/c1-10-17-13(9-21-10)11-2-4-12(5-3-11)18-15(19)14-8-16-6-7-20-14/h2-5,9,14,16H,6-8H2,1H3,(H,18,19)/t14-/m0/s1. The second kappa shape index (κ2) is 6.34. The predicted octanol–water partition coefficient (Wildman–Crippen LogP) is 2.05. The van der Waals surface area contributed by atoms with E-state index in [1.807, 2.05) is 36.6 Å². The Balaban J connectivity index is 1.65. The van der Waals surface area contributed by atoms with Crippen LogP contribution in [0.5, 0.6) is 0 Å². The largest absolute Gasteiger partial charge is 0.366 e. The molecule has 0 saturated carbocycles. The first-order valence-corrected chi connectivity index (χ1v) is 7.76. The molecule has 0 bridgehead atoms. The van der Waals surface area contributed by atoms with Gasteiger partial charge in [0.25, 0.3) is 5.91 Å². The Morgan fingerprint density at radius 3 is 2.86 bits per heavy atom. The zero-order valence-corrected chi connectivity index (χ0v) is 12.6. The molecule has 1 atom stereocenters. The molecule has 0 radical (unpaired) electrons. The van der Waals surface area contributed by atoms with Crippen LogP contribution in [-0.2, 0) is 9.53 Å². The SMILES string of the molecule is Cc1nc(-c2ccc(NC(=O)[C@@H]3CNCCO3)cc2)cs1. The number of thiazole rings is 1. The van der Waals surface area contributed by atoms with Crippen LogP contribution < -0.4 is 10.6 Å². The van der Waals surface area contributed by atoms with Crippen LogP contribution in [0.4, 0.5) is 5.69 Å². The fourth-order valence-electron chi connectivity index (χ4n) is 2.18. The molecule has 1 aliphatic rings. The number of hydrogen-bond donors (Lipinski definition) is 2. The number of aromatic nitrogens is 1. The maximum Gasteiger partial charge on any atom is 0.254 e. The number of morpholine rings is 1. The second-order valence-corrected chi connectivity index (χ2v) is 5.94. The normalized spacial score (nSPS) is 18.4. The van der Waals surface area contributed by atoms with Gasteiger partial charge >= 0.3 is 0 Å². The van der Waals surface area contributed by atoms with Gasteiger partial charge in [0.05, 0.1) is 17.3 Å². The Morgan fingerprint density at radius 1 is 1.43 bits per heavy atom. The molecule has 1 aromatic heterocycles. The van der Waals surface area contributed by atoms with Gasteiger partial charge in [-0.25, -0.2) is 4.98 Å². The molecule has 1 amide bonds. The number of carbonyl (C=O) groups excluding carboxylic acids is 1. The van der Waals surface area contributed by atoms with Gasteiger partial charge in [-0.1, -0.05) is 12.1 Å². The van der Waals surface area contributed by atoms with Crippen molar-refractivity contribution >= 4 is 22.9 Å². The summed E-state index contributed by atoms with van der Waals surface area (Å²) in [6, 6.07) is 7.70. The van der Waals surface area contributed by atoms with Crippen LogP contribution in [0.15, 0.2) is 29.6 Å². The third kappa shape index (κ3) is 3.47. The summed E-state index contributed by atoms with van der Waals surface area (Å²) < 4.78 is 5.42. The van der Waals surface area contributed by atoms with Crippen molar-refractivity contribution in [3.63, 3.8) is 0 Å². The van der Waals surface area contributed by atoms with Gasteiger partial charge in [-0.15, -0.1) is 11.3 Å². The Hall–Kier alpha value is -1.76. The van der Waals surface area contributed by atoms with Gasteiger partial charge < -0.3 is 15.4 Å². The lowest BCUT2D eigenvalue weighted by Crippen LogP contribution is -2.45. The number of nitrogens with zero attached hydrogens (tertiary/aromatic N) is 1. The minimum Gasteiger partial charge on any atom is -0.366 e. The van der Waals surface area contributed by atoms with E-state index in [4.69, 9.17) is 4.74 Å². The third-order valence-corrected chi connectivity index (χ3v) is 4.06. The summed E-state index contributed by atoms with van der Waals surface area (Å²) in [5.41, 5.74) is 2.79. The molecule has 21 heavy (non-hydrogen) atoms. The Bertz CT molecular complexity index is 618. The van der Waals surface area contributed by atoms with Crippen LogP contribution in [0.3, 0.4) is 0 Å². The summed E-state index contributed by atoms with van der Waals surface area (Å²) >= 11 is 1.63. The highest BCUT2D eigenvalue weighted by Gasteiger charge is 2.21. The molecule has 2 N–H and O–H groups in total. The smallest absolute Gasteiger partial charge is 0.254 e. The monoisotopic (exact) mass is 303 g/mol. The number of rotatable bonds is 3. The van der Waals surface area contributed by atoms with Crippen molar-refractivity contribution in [2.45, 2.75) is 13.0 Å². The van der Waals surface area contributed by atoms with E-state index >= 15 is 0 Å². The van der Waals surface area contributed by atoms with Crippen LogP contribution >= 0.6 is 11.3 Å². The number of carbonyl (C=O) groups is 1. The molecule has 1 aromatic carbocycles. The summed E-state index contributed by atoms with van der Waals surface area (Å²) in [5, 5.41) is 9.09. The number of aryl methyl sites for hydroxylation is 1. The van der Waals surface area contributed by atoms with Crippen LogP contribution in [0.1, 0.15) is 5.01 Å². The summed E-state index contributed by atoms with van der Waals surface area (Å²) in [4.78, 5) is 16.5. The lowest BCUT2D eigenvalue weighted by molar-refractivity contribution is -0.128. The number of hydrogen-bond acceptors (Lipinski definition) is 5. The maximum absolute atomic E-state index is 12.0. The first-order valence-electron chi connectivity index (χ1n) is 6.88. The van der Waals surface area contributed by atoms with Crippen molar-refractivity contribution in [3.05, 3.63) is 34.7 Å². The van der Waals surface area contributed by atoms with Crippen molar-refractivity contribution in [2.24, 2.45) is 0 Å². The minimum absolute atomic E-state index is 0.112. The molecule has 2 heterocycles. The Labute approximate surface area is 127 Å². The van der Waals surface area contributed by atoms with E-state index in [2.05, 4.69) is 15.6 Å². The van der Waals surface area contributed by atoms with Gasteiger partial charge in [0.1, 0.15) is 6.10 Å². The van der Waals surface area contributed by atoms with E-state index in [0.29, 0.717) is 13.2 Å². The average molecular weight is 303 g/mol. The molecule has 0 aliphatic carbocycles. The first-order chi connectivity index (χ1) is 10.2. The quantitative estimate of drug-likeness (QED) is 0.911. The zero-order chi connectivity index (χ0) is 14.7.